The van der Waals surface area contributed by atoms with Crippen LogP contribution >= 0.6 is 0 Å². The molecule has 2 N–H and O–H groups in total. The number of nitrogens with zero attached hydrogens (tertiary/aromatic N) is 2. The Morgan fingerprint density at radius 2 is 1.89 bits per heavy atom. The molecule has 2 aromatic rings. The molecule has 0 aliphatic rings. The van der Waals surface area contributed by atoms with Gasteiger partial charge in [0.25, 0.3) is 0 Å². The predicted octanol–water partition coefficient (Wildman–Crippen LogP) is 2.14. The summed E-state index contributed by atoms with van der Waals surface area (Å²) in [4.78, 5) is 0. The number of nitrogen functional groups attached to an aromatic ring is 1. The van der Waals surface area contributed by atoms with E-state index in [1.54, 1.807) is 14.2 Å². The molecule has 0 saturated heterocycles. The Balaban J connectivity index is 2.53. The highest BCUT2D eigenvalue weighted by atomic mass is 19.1. The molecule has 1 aromatic carbocycles. The summed E-state index contributed by atoms with van der Waals surface area (Å²) in [5.74, 6) is -0.914. The first kappa shape index (κ1) is 13.5. The largest absolute Gasteiger partial charge is 0.384 e. The minimum absolute atomic E-state index is 0.371. The number of nitrogens with two attached hydrogens (primary N) is 1. The molecule has 19 heavy (non-hydrogen) atoms. The van der Waals surface area contributed by atoms with Crippen LogP contribution in [0.2, 0.25) is 0 Å². The number of ether oxygens (including phenoxy) is 1. The molecular formula is C13H15F2N3O. The van der Waals surface area contributed by atoms with E-state index in [1.807, 2.05) is 0 Å². The highest BCUT2D eigenvalue weighted by Crippen LogP contribution is 2.30. The Morgan fingerprint density at radius 1 is 1.26 bits per heavy atom. The Labute approximate surface area is 109 Å². The van der Waals surface area contributed by atoms with Gasteiger partial charge in [-0.05, 0) is 17.7 Å². The zero-order valence-electron chi connectivity index (χ0n) is 10.8. The van der Waals surface area contributed by atoms with Crippen molar-refractivity contribution in [1.82, 2.24) is 9.78 Å². The zero-order chi connectivity index (χ0) is 14.0. The number of hydrogen-bond acceptors (Lipinski definition) is 3. The van der Waals surface area contributed by atoms with Gasteiger partial charge in [-0.2, -0.15) is 5.10 Å². The van der Waals surface area contributed by atoms with Crippen LogP contribution in [-0.4, -0.2) is 23.5 Å². The summed E-state index contributed by atoms with van der Waals surface area (Å²) in [6.45, 7) is 0.460. The van der Waals surface area contributed by atoms with Gasteiger partial charge in [0.2, 0.25) is 0 Å². The van der Waals surface area contributed by atoms with Crippen molar-refractivity contribution in [3.8, 4) is 11.1 Å². The van der Waals surface area contributed by atoms with Gasteiger partial charge < -0.3 is 10.5 Å². The molecule has 0 bridgehead atoms. The summed E-state index contributed by atoms with van der Waals surface area (Å²) in [7, 11) is 3.26. The number of rotatable bonds is 4. The Kier molecular flexibility index (Phi) is 3.80. The van der Waals surface area contributed by atoms with Gasteiger partial charge in [0, 0.05) is 32.2 Å². The summed E-state index contributed by atoms with van der Waals surface area (Å²) in [5.41, 5.74) is 7.52. The molecule has 0 aliphatic heterocycles. The average molecular weight is 267 g/mol. The number of aryl methyl sites for hydroxylation is 1. The lowest BCUT2D eigenvalue weighted by Gasteiger charge is -2.05. The molecule has 2 rings (SSSR count). The van der Waals surface area contributed by atoms with Gasteiger partial charge in [-0.1, -0.05) is 0 Å². The van der Waals surface area contributed by atoms with E-state index in [-0.39, 0.29) is 0 Å². The highest BCUT2D eigenvalue weighted by Gasteiger charge is 2.17. The molecule has 0 atom stereocenters. The van der Waals surface area contributed by atoms with Gasteiger partial charge in [0.05, 0.1) is 12.3 Å². The van der Waals surface area contributed by atoms with Crippen molar-refractivity contribution in [1.29, 1.82) is 0 Å². The number of hydrogen-bond donors (Lipinski definition) is 1. The van der Waals surface area contributed by atoms with Crippen molar-refractivity contribution in [2.24, 2.45) is 7.05 Å². The van der Waals surface area contributed by atoms with Gasteiger partial charge >= 0.3 is 0 Å². The van der Waals surface area contributed by atoms with E-state index in [1.165, 1.54) is 16.8 Å². The number of aromatic nitrogens is 2. The number of halogens is 2. The summed E-state index contributed by atoms with van der Waals surface area (Å²) in [6, 6.07) is 3.31. The second-order valence-electron chi connectivity index (χ2n) is 4.23. The van der Waals surface area contributed by atoms with Crippen LogP contribution in [0.15, 0.2) is 18.2 Å². The van der Waals surface area contributed by atoms with Crippen molar-refractivity contribution in [3.05, 3.63) is 35.5 Å². The fraction of sp³-hybridized carbons (Fsp3) is 0.308. The summed E-state index contributed by atoms with van der Waals surface area (Å²) in [5, 5.41) is 4.25. The maximum absolute atomic E-state index is 13.3. The average Bonchev–Trinajstić information content (AvgIpc) is 2.61. The quantitative estimate of drug-likeness (QED) is 0.923. The number of methoxy groups -OCH3 is 1. The SMILES string of the molecule is COCCc1nn(C)c(N)c1-c1cc(F)cc(F)c1. The summed E-state index contributed by atoms with van der Waals surface area (Å²) < 4.78 is 33.1. The standard InChI is InChI=1S/C13H15F2N3O/c1-18-13(16)12(11(17-18)3-4-19-2)8-5-9(14)7-10(15)6-8/h5-7H,3-4,16H2,1-2H3. The van der Waals surface area contributed by atoms with Crippen LogP contribution in [0.5, 0.6) is 0 Å². The molecular weight excluding hydrogens is 252 g/mol. The molecule has 0 fully saturated rings. The molecule has 1 heterocycles. The van der Waals surface area contributed by atoms with Crippen LogP contribution in [0.3, 0.4) is 0 Å². The number of benzene rings is 1. The maximum atomic E-state index is 13.3. The van der Waals surface area contributed by atoms with E-state index in [0.717, 1.165) is 6.07 Å². The van der Waals surface area contributed by atoms with Crippen LogP contribution in [0.1, 0.15) is 5.69 Å². The second-order valence-corrected chi connectivity index (χ2v) is 4.23. The number of anilines is 1. The summed E-state index contributed by atoms with van der Waals surface area (Å²) >= 11 is 0. The third kappa shape index (κ3) is 2.73. The van der Waals surface area contributed by atoms with Crippen molar-refractivity contribution < 1.29 is 13.5 Å². The van der Waals surface area contributed by atoms with Crippen molar-refractivity contribution in [2.45, 2.75) is 6.42 Å². The molecule has 4 nitrogen and oxygen atoms in total. The molecule has 1 aromatic heterocycles. The molecule has 0 aliphatic carbocycles. The van der Waals surface area contributed by atoms with Crippen molar-refractivity contribution in [3.63, 3.8) is 0 Å². The minimum Gasteiger partial charge on any atom is -0.384 e. The topological polar surface area (TPSA) is 53.1 Å². The fourth-order valence-electron chi connectivity index (χ4n) is 1.98. The van der Waals surface area contributed by atoms with Gasteiger partial charge in [-0.25, -0.2) is 8.78 Å². The van der Waals surface area contributed by atoms with Crippen LogP contribution in [-0.2, 0) is 18.2 Å². The van der Waals surface area contributed by atoms with E-state index < -0.39 is 11.6 Å². The van der Waals surface area contributed by atoms with E-state index in [4.69, 9.17) is 10.5 Å². The molecule has 0 spiro atoms. The molecule has 0 saturated carbocycles. The third-order valence-electron chi connectivity index (χ3n) is 2.86. The Morgan fingerprint density at radius 3 is 2.47 bits per heavy atom. The van der Waals surface area contributed by atoms with Gasteiger partial charge in [-0.15, -0.1) is 0 Å². The lowest BCUT2D eigenvalue weighted by atomic mass is 10.0. The predicted molar refractivity (Wildman–Crippen MR) is 68.6 cm³/mol. The van der Waals surface area contributed by atoms with Crippen LogP contribution in [0.4, 0.5) is 14.6 Å². The molecule has 0 radical (unpaired) electrons. The zero-order valence-corrected chi connectivity index (χ0v) is 10.8. The first-order valence-corrected chi connectivity index (χ1v) is 5.79. The maximum Gasteiger partial charge on any atom is 0.129 e. The van der Waals surface area contributed by atoms with E-state index >= 15 is 0 Å². The first-order chi connectivity index (χ1) is 9.02. The Bertz CT molecular complexity index is 576. The smallest absolute Gasteiger partial charge is 0.129 e. The van der Waals surface area contributed by atoms with Crippen LogP contribution < -0.4 is 5.73 Å². The van der Waals surface area contributed by atoms with Crippen LogP contribution in [0, 0.1) is 11.6 Å². The molecule has 0 unspecified atom stereocenters. The lowest BCUT2D eigenvalue weighted by molar-refractivity contribution is 0.201. The van der Waals surface area contributed by atoms with Gasteiger partial charge in [0.1, 0.15) is 17.5 Å². The normalized spacial score (nSPS) is 10.9. The monoisotopic (exact) mass is 267 g/mol. The van der Waals surface area contributed by atoms with E-state index in [2.05, 4.69) is 5.10 Å². The van der Waals surface area contributed by atoms with E-state index in [9.17, 15) is 8.78 Å². The van der Waals surface area contributed by atoms with Gasteiger partial charge in [-0.3, -0.25) is 4.68 Å². The minimum atomic E-state index is -0.643. The van der Waals surface area contributed by atoms with Gasteiger partial charge in [0.15, 0.2) is 0 Å². The van der Waals surface area contributed by atoms with E-state index in [0.29, 0.717) is 35.7 Å². The Hall–Kier alpha value is -1.95. The second kappa shape index (κ2) is 5.36. The summed E-state index contributed by atoms with van der Waals surface area (Å²) in [6.07, 6.45) is 0.523. The molecule has 102 valence electrons. The van der Waals surface area contributed by atoms with Crippen LogP contribution in [0.25, 0.3) is 11.1 Å². The molecule has 6 heteroatoms. The first-order valence-electron chi connectivity index (χ1n) is 5.79. The van der Waals surface area contributed by atoms with Crippen molar-refractivity contribution >= 4 is 5.82 Å². The van der Waals surface area contributed by atoms with Crippen molar-refractivity contribution in [2.75, 3.05) is 19.5 Å². The highest BCUT2D eigenvalue weighted by molar-refractivity contribution is 5.76. The molecule has 0 amide bonds. The lowest BCUT2D eigenvalue weighted by Crippen LogP contribution is -1.98. The third-order valence-corrected chi connectivity index (χ3v) is 2.86. The fourth-order valence-corrected chi connectivity index (χ4v) is 1.98.